The molecule has 1 aromatic carbocycles. The van der Waals surface area contributed by atoms with Crippen LogP contribution in [0.4, 0.5) is 0 Å². The molecule has 1 aliphatic carbocycles. The summed E-state index contributed by atoms with van der Waals surface area (Å²) in [7, 11) is 0. The van der Waals surface area contributed by atoms with Gasteiger partial charge in [-0.1, -0.05) is 12.1 Å². The summed E-state index contributed by atoms with van der Waals surface area (Å²) in [5, 5.41) is 1.28. The van der Waals surface area contributed by atoms with Gasteiger partial charge in [0.1, 0.15) is 0 Å². The molecule has 2 unspecified atom stereocenters. The minimum absolute atomic E-state index is 0.396. The quantitative estimate of drug-likeness (QED) is 0.678. The summed E-state index contributed by atoms with van der Waals surface area (Å²) in [6, 6.07) is 9.05. The lowest BCUT2D eigenvalue weighted by molar-refractivity contribution is 0.992. The first-order valence-electron chi connectivity index (χ1n) is 4.67. The molecule has 1 aliphatic rings. The Morgan fingerprint density at radius 1 is 1.31 bits per heavy atom. The number of hydrogen-bond donors (Lipinski definition) is 2. The highest BCUT2D eigenvalue weighted by Crippen LogP contribution is 2.39. The van der Waals surface area contributed by atoms with E-state index >= 15 is 0 Å². The average molecular weight is 172 g/mol. The van der Waals surface area contributed by atoms with Gasteiger partial charge in [0.25, 0.3) is 0 Å². The van der Waals surface area contributed by atoms with Crippen molar-refractivity contribution in [2.24, 2.45) is 5.73 Å². The SMILES string of the molecule is NC1CC1c1ccc2cc[nH]c2c1. The second-order valence-corrected chi connectivity index (χ2v) is 3.83. The maximum absolute atomic E-state index is 5.81. The summed E-state index contributed by atoms with van der Waals surface area (Å²) < 4.78 is 0. The Balaban J connectivity index is 2.10. The van der Waals surface area contributed by atoms with E-state index < -0.39 is 0 Å². The fourth-order valence-electron chi connectivity index (χ4n) is 1.89. The third-order valence-electron chi connectivity index (χ3n) is 2.85. The minimum Gasteiger partial charge on any atom is -0.361 e. The number of hydrogen-bond acceptors (Lipinski definition) is 1. The van der Waals surface area contributed by atoms with Crippen LogP contribution in [0.5, 0.6) is 0 Å². The van der Waals surface area contributed by atoms with Crippen molar-refractivity contribution in [2.45, 2.75) is 18.4 Å². The number of nitrogens with two attached hydrogens (primary N) is 1. The van der Waals surface area contributed by atoms with E-state index in [4.69, 9.17) is 5.73 Å². The van der Waals surface area contributed by atoms with Crippen LogP contribution < -0.4 is 5.73 Å². The van der Waals surface area contributed by atoms with E-state index in [0.29, 0.717) is 12.0 Å². The lowest BCUT2D eigenvalue weighted by Gasteiger charge is -1.98. The molecule has 0 bridgehead atoms. The molecule has 2 heteroatoms. The Bertz CT molecular complexity index is 444. The van der Waals surface area contributed by atoms with Gasteiger partial charge in [0, 0.05) is 23.7 Å². The van der Waals surface area contributed by atoms with Gasteiger partial charge in [-0.15, -0.1) is 0 Å². The van der Waals surface area contributed by atoms with Crippen LogP contribution in [0.1, 0.15) is 17.9 Å². The molecular formula is C11H12N2. The van der Waals surface area contributed by atoms with Crippen molar-refractivity contribution in [1.82, 2.24) is 4.98 Å². The average Bonchev–Trinajstić information content (AvgIpc) is 2.70. The van der Waals surface area contributed by atoms with Crippen LogP contribution in [0.2, 0.25) is 0 Å². The summed E-state index contributed by atoms with van der Waals surface area (Å²) in [5.41, 5.74) is 8.40. The zero-order valence-electron chi connectivity index (χ0n) is 7.33. The van der Waals surface area contributed by atoms with Gasteiger partial charge in [0.15, 0.2) is 0 Å². The normalized spacial score (nSPS) is 26.5. The van der Waals surface area contributed by atoms with E-state index in [9.17, 15) is 0 Å². The molecule has 0 spiro atoms. The molecule has 0 amide bonds. The molecule has 13 heavy (non-hydrogen) atoms. The lowest BCUT2D eigenvalue weighted by Crippen LogP contribution is -2.00. The first-order valence-corrected chi connectivity index (χ1v) is 4.67. The number of H-pyrrole nitrogens is 1. The highest BCUT2D eigenvalue weighted by Gasteiger charge is 2.34. The fraction of sp³-hybridized carbons (Fsp3) is 0.273. The maximum atomic E-state index is 5.81. The van der Waals surface area contributed by atoms with Crippen molar-refractivity contribution < 1.29 is 0 Å². The number of nitrogens with one attached hydrogen (secondary N) is 1. The van der Waals surface area contributed by atoms with E-state index in [-0.39, 0.29) is 0 Å². The van der Waals surface area contributed by atoms with E-state index in [1.54, 1.807) is 0 Å². The third kappa shape index (κ3) is 1.06. The summed E-state index contributed by atoms with van der Waals surface area (Å²) in [6.45, 7) is 0. The third-order valence-corrected chi connectivity index (χ3v) is 2.85. The van der Waals surface area contributed by atoms with Crippen molar-refractivity contribution in [1.29, 1.82) is 0 Å². The number of benzene rings is 1. The Kier molecular flexibility index (Phi) is 1.30. The van der Waals surface area contributed by atoms with E-state index in [1.807, 2.05) is 6.20 Å². The van der Waals surface area contributed by atoms with Crippen LogP contribution in [0.15, 0.2) is 30.5 Å². The molecule has 3 rings (SSSR count). The van der Waals surface area contributed by atoms with Gasteiger partial charge in [-0.3, -0.25) is 0 Å². The van der Waals surface area contributed by atoms with Crippen LogP contribution >= 0.6 is 0 Å². The zero-order chi connectivity index (χ0) is 8.84. The molecule has 3 N–H and O–H groups in total. The molecule has 1 saturated carbocycles. The van der Waals surface area contributed by atoms with Crippen molar-refractivity contribution in [3.63, 3.8) is 0 Å². The van der Waals surface area contributed by atoms with Gasteiger partial charge in [0.2, 0.25) is 0 Å². The van der Waals surface area contributed by atoms with Crippen molar-refractivity contribution in [3.05, 3.63) is 36.0 Å². The van der Waals surface area contributed by atoms with Crippen LogP contribution in [-0.2, 0) is 0 Å². The second kappa shape index (κ2) is 2.36. The zero-order valence-corrected chi connectivity index (χ0v) is 7.33. The molecule has 0 aliphatic heterocycles. The van der Waals surface area contributed by atoms with Crippen molar-refractivity contribution >= 4 is 10.9 Å². The summed E-state index contributed by atoms with van der Waals surface area (Å²) in [6.07, 6.45) is 3.12. The van der Waals surface area contributed by atoms with Crippen LogP contribution in [0, 0.1) is 0 Å². The van der Waals surface area contributed by atoms with Crippen LogP contribution in [0.3, 0.4) is 0 Å². The van der Waals surface area contributed by atoms with Gasteiger partial charge >= 0.3 is 0 Å². The molecule has 66 valence electrons. The largest absolute Gasteiger partial charge is 0.361 e. The lowest BCUT2D eigenvalue weighted by atomic mass is 10.1. The van der Waals surface area contributed by atoms with Crippen LogP contribution in [-0.4, -0.2) is 11.0 Å². The van der Waals surface area contributed by atoms with Gasteiger partial charge in [-0.2, -0.15) is 0 Å². The van der Waals surface area contributed by atoms with Crippen LogP contribution in [0.25, 0.3) is 10.9 Å². The predicted octanol–water partition coefficient (Wildman–Crippen LogP) is 1.98. The highest BCUT2D eigenvalue weighted by molar-refractivity contribution is 5.80. The Labute approximate surface area is 76.8 Å². The Morgan fingerprint density at radius 2 is 2.15 bits per heavy atom. The van der Waals surface area contributed by atoms with Gasteiger partial charge in [0.05, 0.1) is 0 Å². The molecule has 1 aromatic heterocycles. The minimum atomic E-state index is 0.396. The molecule has 2 atom stereocenters. The molecule has 1 heterocycles. The molecule has 2 nitrogen and oxygen atoms in total. The summed E-state index contributed by atoms with van der Waals surface area (Å²) >= 11 is 0. The summed E-state index contributed by atoms with van der Waals surface area (Å²) in [4.78, 5) is 3.22. The monoisotopic (exact) mass is 172 g/mol. The molecule has 0 saturated heterocycles. The number of rotatable bonds is 1. The summed E-state index contributed by atoms with van der Waals surface area (Å²) in [5.74, 6) is 0.604. The number of aromatic nitrogens is 1. The van der Waals surface area contributed by atoms with Gasteiger partial charge in [-0.05, 0) is 29.5 Å². The van der Waals surface area contributed by atoms with Gasteiger partial charge < -0.3 is 10.7 Å². The Hall–Kier alpha value is -1.28. The van der Waals surface area contributed by atoms with E-state index in [1.165, 1.54) is 16.5 Å². The molecular weight excluding hydrogens is 160 g/mol. The predicted molar refractivity (Wildman–Crippen MR) is 53.6 cm³/mol. The van der Waals surface area contributed by atoms with E-state index in [0.717, 1.165) is 6.42 Å². The highest BCUT2D eigenvalue weighted by atomic mass is 14.7. The number of fused-ring (bicyclic) bond motifs is 1. The first kappa shape index (κ1) is 7.15. The molecule has 0 radical (unpaired) electrons. The maximum Gasteiger partial charge on any atom is 0.0456 e. The van der Waals surface area contributed by atoms with E-state index in [2.05, 4.69) is 29.2 Å². The smallest absolute Gasteiger partial charge is 0.0456 e. The fourth-order valence-corrected chi connectivity index (χ4v) is 1.89. The molecule has 1 fully saturated rings. The van der Waals surface area contributed by atoms with Gasteiger partial charge in [-0.25, -0.2) is 0 Å². The first-order chi connectivity index (χ1) is 6.34. The molecule has 2 aromatic rings. The second-order valence-electron chi connectivity index (χ2n) is 3.83. The Morgan fingerprint density at radius 3 is 2.92 bits per heavy atom. The van der Waals surface area contributed by atoms with Crippen molar-refractivity contribution in [2.75, 3.05) is 0 Å². The van der Waals surface area contributed by atoms with Crippen molar-refractivity contribution in [3.8, 4) is 0 Å². The topological polar surface area (TPSA) is 41.8 Å². The number of aromatic amines is 1. The standard InChI is InChI=1S/C11H12N2/c12-10-6-9(10)8-2-1-7-3-4-13-11(7)5-8/h1-5,9-10,13H,6,12H2.